The van der Waals surface area contributed by atoms with Crippen molar-refractivity contribution in [1.82, 2.24) is 10.6 Å². The van der Waals surface area contributed by atoms with Crippen LogP contribution in [0.2, 0.25) is 4.34 Å². The fraction of sp³-hybridized carbons (Fsp3) is 0.353. The number of ether oxygens (including phenoxy) is 2. The topological polar surface area (TPSA) is 54.9 Å². The van der Waals surface area contributed by atoms with Crippen LogP contribution in [0.3, 0.4) is 0 Å². The van der Waals surface area contributed by atoms with Crippen molar-refractivity contribution in [1.29, 1.82) is 0 Å². The molecule has 2 heterocycles. The van der Waals surface area contributed by atoms with Crippen LogP contribution >= 0.6 is 46.9 Å². The van der Waals surface area contributed by atoms with Gasteiger partial charge in [0, 0.05) is 25.0 Å². The summed E-state index contributed by atoms with van der Waals surface area (Å²) in [5, 5.41) is 6.63. The van der Waals surface area contributed by atoms with Crippen LogP contribution in [0, 0.1) is 0 Å². The molecule has 0 bridgehead atoms. The third kappa shape index (κ3) is 5.93. The van der Waals surface area contributed by atoms with E-state index in [9.17, 15) is 0 Å². The Hall–Kier alpha value is -1.19. The van der Waals surface area contributed by atoms with E-state index < -0.39 is 0 Å². The van der Waals surface area contributed by atoms with Gasteiger partial charge in [-0.2, -0.15) is 0 Å². The first-order valence-corrected chi connectivity index (χ1v) is 9.01. The Morgan fingerprint density at radius 1 is 1.12 bits per heavy atom. The SMILES string of the molecule is CN=C(NCCc1ccc2c(c1)OCO2)NCCc1ccc(Cl)s1.I. The Balaban J connectivity index is 0.00000225. The van der Waals surface area contributed by atoms with Gasteiger partial charge in [-0.05, 0) is 42.7 Å². The van der Waals surface area contributed by atoms with Crippen molar-refractivity contribution in [2.45, 2.75) is 12.8 Å². The summed E-state index contributed by atoms with van der Waals surface area (Å²) in [7, 11) is 1.78. The summed E-state index contributed by atoms with van der Waals surface area (Å²) in [5.74, 6) is 2.45. The largest absolute Gasteiger partial charge is 0.454 e. The molecule has 0 fully saturated rings. The molecule has 0 saturated carbocycles. The minimum absolute atomic E-state index is 0. The standard InChI is InChI=1S/C17H20ClN3O2S.HI/c1-19-17(21-9-7-13-3-5-16(18)24-13)20-8-6-12-2-4-14-15(10-12)23-11-22-14;/h2-5,10H,6-9,11H2,1H3,(H2,19,20,21);1H. The van der Waals surface area contributed by atoms with E-state index >= 15 is 0 Å². The molecule has 25 heavy (non-hydrogen) atoms. The first kappa shape index (κ1) is 20.1. The molecule has 0 saturated heterocycles. The normalized spacial score (nSPS) is 12.6. The van der Waals surface area contributed by atoms with Crippen LogP contribution in [0.15, 0.2) is 35.3 Å². The zero-order valence-corrected chi connectivity index (χ0v) is 17.8. The Kier molecular flexibility index (Phi) is 8.11. The quantitative estimate of drug-likeness (QED) is 0.366. The van der Waals surface area contributed by atoms with Gasteiger partial charge in [0.15, 0.2) is 17.5 Å². The van der Waals surface area contributed by atoms with Gasteiger partial charge in [0.05, 0.1) is 4.34 Å². The van der Waals surface area contributed by atoms with Crippen molar-refractivity contribution in [3.05, 3.63) is 45.1 Å². The molecule has 2 aromatic rings. The van der Waals surface area contributed by atoms with Crippen LogP contribution in [0.25, 0.3) is 0 Å². The van der Waals surface area contributed by atoms with Crippen LogP contribution in [0.5, 0.6) is 11.5 Å². The Morgan fingerprint density at radius 3 is 2.60 bits per heavy atom. The number of benzene rings is 1. The number of halogens is 2. The van der Waals surface area contributed by atoms with Crippen LogP contribution in [0.1, 0.15) is 10.4 Å². The third-order valence-electron chi connectivity index (χ3n) is 3.66. The van der Waals surface area contributed by atoms with E-state index in [1.54, 1.807) is 18.4 Å². The highest BCUT2D eigenvalue weighted by Gasteiger charge is 2.12. The summed E-state index contributed by atoms with van der Waals surface area (Å²) in [4.78, 5) is 5.51. The third-order valence-corrected chi connectivity index (χ3v) is 4.95. The van der Waals surface area contributed by atoms with E-state index in [0.29, 0.717) is 6.79 Å². The maximum Gasteiger partial charge on any atom is 0.231 e. The van der Waals surface area contributed by atoms with Crippen molar-refractivity contribution in [2.75, 3.05) is 26.9 Å². The molecule has 0 radical (unpaired) electrons. The average Bonchev–Trinajstić information content (AvgIpc) is 3.21. The van der Waals surface area contributed by atoms with Gasteiger partial charge in [-0.15, -0.1) is 35.3 Å². The van der Waals surface area contributed by atoms with Crippen molar-refractivity contribution in [3.63, 3.8) is 0 Å². The number of rotatable bonds is 6. The number of nitrogens with zero attached hydrogens (tertiary/aromatic N) is 1. The Labute approximate surface area is 173 Å². The number of thiophene rings is 1. The fourth-order valence-corrected chi connectivity index (χ4v) is 3.52. The van der Waals surface area contributed by atoms with E-state index in [1.807, 2.05) is 18.2 Å². The number of fused-ring (bicyclic) bond motifs is 1. The predicted molar refractivity (Wildman–Crippen MR) is 114 cm³/mol. The summed E-state index contributed by atoms with van der Waals surface area (Å²) in [6.07, 6.45) is 1.82. The van der Waals surface area contributed by atoms with Crippen LogP contribution in [-0.4, -0.2) is 32.9 Å². The molecule has 1 aromatic heterocycles. The van der Waals surface area contributed by atoms with Gasteiger partial charge in [-0.3, -0.25) is 4.99 Å². The van der Waals surface area contributed by atoms with E-state index in [0.717, 1.165) is 47.7 Å². The Morgan fingerprint density at radius 2 is 1.88 bits per heavy atom. The number of nitrogens with one attached hydrogen (secondary N) is 2. The highest BCUT2D eigenvalue weighted by Crippen LogP contribution is 2.32. The van der Waals surface area contributed by atoms with E-state index in [2.05, 4.69) is 27.8 Å². The lowest BCUT2D eigenvalue weighted by Crippen LogP contribution is -2.39. The molecular formula is C17H21ClIN3O2S. The number of hydrogen-bond acceptors (Lipinski definition) is 4. The second-order valence-corrected chi connectivity index (χ2v) is 7.12. The Bertz CT molecular complexity index is 724. The average molecular weight is 494 g/mol. The molecule has 5 nitrogen and oxygen atoms in total. The first-order chi connectivity index (χ1) is 11.7. The van der Waals surface area contributed by atoms with Crippen LogP contribution in [-0.2, 0) is 12.8 Å². The highest BCUT2D eigenvalue weighted by molar-refractivity contribution is 14.0. The zero-order chi connectivity index (χ0) is 16.8. The van der Waals surface area contributed by atoms with Crippen molar-refractivity contribution in [3.8, 4) is 11.5 Å². The van der Waals surface area contributed by atoms with Gasteiger partial charge >= 0.3 is 0 Å². The molecule has 1 aliphatic rings. The van der Waals surface area contributed by atoms with Gasteiger partial charge in [0.1, 0.15) is 0 Å². The van der Waals surface area contributed by atoms with Crippen molar-refractivity contribution in [2.24, 2.45) is 4.99 Å². The monoisotopic (exact) mass is 493 g/mol. The molecule has 136 valence electrons. The van der Waals surface area contributed by atoms with Gasteiger partial charge in [0.2, 0.25) is 6.79 Å². The number of hydrogen-bond donors (Lipinski definition) is 2. The first-order valence-electron chi connectivity index (χ1n) is 7.82. The molecule has 0 atom stereocenters. The van der Waals surface area contributed by atoms with Crippen LogP contribution in [0.4, 0.5) is 0 Å². The lowest BCUT2D eigenvalue weighted by Gasteiger charge is -2.11. The van der Waals surface area contributed by atoms with E-state index in [1.165, 1.54) is 10.4 Å². The second-order valence-electron chi connectivity index (χ2n) is 5.32. The van der Waals surface area contributed by atoms with Gasteiger partial charge in [-0.25, -0.2) is 0 Å². The molecule has 0 aliphatic carbocycles. The maximum atomic E-state index is 5.94. The maximum absolute atomic E-state index is 5.94. The second kappa shape index (κ2) is 10.1. The van der Waals surface area contributed by atoms with E-state index in [-0.39, 0.29) is 24.0 Å². The minimum atomic E-state index is 0. The molecule has 8 heteroatoms. The molecule has 0 amide bonds. The molecule has 2 N–H and O–H groups in total. The van der Waals surface area contributed by atoms with Gasteiger partial charge in [-0.1, -0.05) is 17.7 Å². The van der Waals surface area contributed by atoms with E-state index in [4.69, 9.17) is 21.1 Å². The summed E-state index contributed by atoms with van der Waals surface area (Å²) in [5.41, 5.74) is 1.20. The molecule has 0 spiro atoms. The molecular weight excluding hydrogens is 473 g/mol. The minimum Gasteiger partial charge on any atom is -0.454 e. The molecule has 1 aromatic carbocycles. The lowest BCUT2D eigenvalue weighted by atomic mass is 10.1. The van der Waals surface area contributed by atoms with Crippen molar-refractivity contribution < 1.29 is 9.47 Å². The smallest absolute Gasteiger partial charge is 0.231 e. The number of guanidine groups is 1. The molecule has 0 unspecified atom stereocenters. The summed E-state index contributed by atoms with van der Waals surface area (Å²) < 4.78 is 11.5. The molecule has 3 rings (SSSR count). The van der Waals surface area contributed by atoms with Crippen molar-refractivity contribution >= 4 is 52.9 Å². The predicted octanol–water partition coefficient (Wildman–Crippen LogP) is 3.70. The highest BCUT2D eigenvalue weighted by atomic mass is 127. The fourth-order valence-electron chi connectivity index (χ4n) is 2.43. The lowest BCUT2D eigenvalue weighted by molar-refractivity contribution is 0.174. The van der Waals surface area contributed by atoms with Gasteiger partial charge < -0.3 is 20.1 Å². The summed E-state index contributed by atoms with van der Waals surface area (Å²) in [6.45, 7) is 1.92. The summed E-state index contributed by atoms with van der Waals surface area (Å²) >= 11 is 7.55. The van der Waals surface area contributed by atoms with Gasteiger partial charge in [0.25, 0.3) is 0 Å². The number of aliphatic imine (C=N–C) groups is 1. The molecule has 1 aliphatic heterocycles. The summed E-state index contributed by atoms with van der Waals surface area (Å²) in [6, 6.07) is 10.0. The zero-order valence-electron chi connectivity index (χ0n) is 13.9. The van der Waals surface area contributed by atoms with Crippen LogP contribution < -0.4 is 20.1 Å².